The van der Waals surface area contributed by atoms with Crippen LogP contribution in [0, 0.1) is 12.7 Å². The molecule has 0 fully saturated rings. The van der Waals surface area contributed by atoms with Crippen LogP contribution in [0.1, 0.15) is 60.4 Å². The summed E-state index contributed by atoms with van der Waals surface area (Å²) in [7, 11) is 0. The van der Waals surface area contributed by atoms with Crippen LogP contribution >= 0.6 is 11.6 Å². The lowest BCUT2D eigenvalue weighted by Crippen LogP contribution is -2.28. The standard InChI is InChI=1S/C15H17ClFN3O2/c1-7(2)14-19-20-15(22-14)9(4)18-13(21)11-10(17)6-5-8(3)12(11)16/h5-7,9H,1-4H3,(H,18,21)/t9-/m1/s1. The highest BCUT2D eigenvalue weighted by Gasteiger charge is 2.22. The normalized spacial score (nSPS) is 12.5. The SMILES string of the molecule is Cc1ccc(F)c(C(=O)N[C@H](C)c2nnc(C(C)C)o2)c1Cl. The van der Waals surface area contributed by atoms with Crippen molar-refractivity contribution in [2.24, 2.45) is 0 Å². The maximum atomic E-state index is 13.8. The zero-order valence-electron chi connectivity index (χ0n) is 12.8. The van der Waals surface area contributed by atoms with Crippen molar-refractivity contribution in [3.8, 4) is 0 Å². The first kappa shape index (κ1) is 16.4. The fourth-order valence-corrected chi connectivity index (χ4v) is 2.09. The molecule has 1 aromatic carbocycles. The first-order valence-corrected chi connectivity index (χ1v) is 7.27. The van der Waals surface area contributed by atoms with E-state index in [1.165, 1.54) is 12.1 Å². The lowest BCUT2D eigenvalue weighted by atomic mass is 10.1. The summed E-state index contributed by atoms with van der Waals surface area (Å²) in [6.45, 7) is 7.22. The topological polar surface area (TPSA) is 68.0 Å². The minimum absolute atomic E-state index is 0.0906. The van der Waals surface area contributed by atoms with Crippen LogP contribution < -0.4 is 5.32 Å². The van der Waals surface area contributed by atoms with E-state index < -0.39 is 17.8 Å². The first-order chi connectivity index (χ1) is 10.3. The van der Waals surface area contributed by atoms with E-state index in [2.05, 4.69) is 15.5 Å². The number of carbonyl (C=O) groups excluding carboxylic acids is 1. The Labute approximate surface area is 132 Å². The van der Waals surface area contributed by atoms with Crippen molar-refractivity contribution < 1.29 is 13.6 Å². The molecule has 0 radical (unpaired) electrons. The van der Waals surface area contributed by atoms with Crippen LogP contribution in [0.3, 0.4) is 0 Å². The monoisotopic (exact) mass is 325 g/mol. The number of carbonyl (C=O) groups is 1. The molecule has 2 aromatic rings. The van der Waals surface area contributed by atoms with Crippen LogP contribution in [0.5, 0.6) is 0 Å². The maximum absolute atomic E-state index is 13.8. The van der Waals surface area contributed by atoms with Crippen LogP contribution in [0.4, 0.5) is 4.39 Å². The lowest BCUT2D eigenvalue weighted by Gasteiger charge is -2.12. The molecular weight excluding hydrogens is 309 g/mol. The van der Waals surface area contributed by atoms with Crippen LogP contribution in [0.2, 0.25) is 5.02 Å². The van der Waals surface area contributed by atoms with Crippen molar-refractivity contribution in [1.29, 1.82) is 0 Å². The summed E-state index contributed by atoms with van der Waals surface area (Å²) >= 11 is 6.02. The molecule has 22 heavy (non-hydrogen) atoms. The minimum atomic E-state index is -0.673. The van der Waals surface area contributed by atoms with Gasteiger partial charge in [0.2, 0.25) is 11.8 Å². The molecule has 1 aromatic heterocycles. The molecule has 7 heteroatoms. The van der Waals surface area contributed by atoms with Gasteiger partial charge in [-0.3, -0.25) is 4.79 Å². The molecule has 0 saturated heterocycles. The zero-order valence-corrected chi connectivity index (χ0v) is 13.5. The van der Waals surface area contributed by atoms with Crippen molar-refractivity contribution in [2.45, 2.75) is 39.7 Å². The third kappa shape index (κ3) is 3.27. The van der Waals surface area contributed by atoms with Crippen molar-refractivity contribution in [3.05, 3.63) is 45.9 Å². The molecule has 1 N–H and O–H groups in total. The minimum Gasteiger partial charge on any atom is -0.423 e. The van der Waals surface area contributed by atoms with Crippen LogP contribution in [0.25, 0.3) is 0 Å². The number of nitrogens with zero attached hydrogens (tertiary/aromatic N) is 2. The van der Waals surface area contributed by atoms with E-state index in [0.717, 1.165) is 0 Å². The number of aromatic nitrogens is 2. The smallest absolute Gasteiger partial charge is 0.256 e. The zero-order chi connectivity index (χ0) is 16.4. The number of amides is 1. The van der Waals surface area contributed by atoms with E-state index in [4.69, 9.17) is 16.0 Å². The van der Waals surface area contributed by atoms with Crippen molar-refractivity contribution >= 4 is 17.5 Å². The second-order valence-corrected chi connectivity index (χ2v) is 5.76. The molecule has 0 aliphatic heterocycles. The van der Waals surface area contributed by atoms with Gasteiger partial charge in [-0.25, -0.2) is 4.39 Å². The summed E-state index contributed by atoms with van der Waals surface area (Å²) < 4.78 is 19.3. The second-order valence-electron chi connectivity index (χ2n) is 5.38. The van der Waals surface area contributed by atoms with Gasteiger partial charge < -0.3 is 9.73 Å². The molecular formula is C15H17ClFN3O2. The second kappa shape index (κ2) is 6.44. The largest absolute Gasteiger partial charge is 0.423 e. The molecule has 2 rings (SSSR count). The number of hydrogen-bond acceptors (Lipinski definition) is 4. The van der Waals surface area contributed by atoms with Crippen LogP contribution in [-0.2, 0) is 0 Å². The molecule has 0 aliphatic rings. The third-order valence-electron chi connectivity index (χ3n) is 3.18. The number of aryl methyl sites for hydroxylation is 1. The highest BCUT2D eigenvalue weighted by molar-refractivity contribution is 6.34. The Morgan fingerprint density at radius 2 is 1.91 bits per heavy atom. The third-order valence-corrected chi connectivity index (χ3v) is 3.67. The summed E-state index contributed by atoms with van der Waals surface area (Å²) in [5.41, 5.74) is 0.442. The highest BCUT2D eigenvalue weighted by Crippen LogP contribution is 2.24. The summed E-state index contributed by atoms with van der Waals surface area (Å²) in [6, 6.07) is 2.18. The van der Waals surface area contributed by atoms with Gasteiger partial charge in [0.05, 0.1) is 10.6 Å². The van der Waals surface area contributed by atoms with E-state index in [0.29, 0.717) is 11.5 Å². The number of rotatable bonds is 4. The quantitative estimate of drug-likeness (QED) is 0.928. The van der Waals surface area contributed by atoms with Crippen molar-refractivity contribution in [1.82, 2.24) is 15.5 Å². The van der Waals surface area contributed by atoms with Gasteiger partial charge in [0.25, 0.3) is 5.91 Å². The highest BCUT2D eigenvalue weighted by atomic mass is 35.5. The number of nitrogens with one attached hydrogen (secondary N) is 1. The molecule has 0 aliphatic carbocycles. The van der Waals surface area contributed by atoms with Crippen molar-refractivity contribution in [2.75, 3.05) is 0 Å². The Morgan fingerprint density at radius 3 is 2.50 bits per heavy atom. The Balaban J connectivity index is 2.19. The van der Waals surface area contributed by atoms with Gasteiger partial charge in [-0.2, -0.15) is 0 Å². The van der Waals surface area contributed by atoms with E-state index >= 15 is 0 Å². The molecule has 0 saturated carbocycles. The van der Waals surface area contributed by atoms with E-state index in [9.17, 15) is 9.18 Å². The average molecular weight is 326 g/mol. The predicted molar refractivity (Wildman–Crippen MR) is 80.4 cm³/mol. The Bertz CT molecular complexity index is 700. The van der Waals surface area contributed by atoms with Crippen molar-refractivity contribution in [3.63, 3.8) is 0 Å². The molecule has 0 bridgehead atoms. The molecule has 0 spiro atoms. The average Bonchev–Trinajstić information content (AvgIpc) is 2.93. The van der Waals surface area contributed by atoms with E-state index in [1.54, 1.807) is 13.8 Å². The fourth-order valence-electron chi connectivity index (χ4n) is 1.85. The van der Waals surface area contributed by atoms with Gasteiger partial charge in [0.15, 0.2) is 0 Å². The number of hydrogen-bond donors (Lipinski definition) is 1. The number of benzene rings is 1. The molecule has 5 nitrogen and oxygen atoms in total. The van der Waals surface area contributed by atoms with Gasteiger partial charge in [0.1, 0.15) is 11.9 Å². The summed E-state index contributed by atoms with van der Waals surface area (Å²) in [4.78, 5) is 12.2. The Kier molecular flexibility index (Phi) is 4.81. The predicted octanol–water partition coefficient (Wildman–Crippen LogP) is 3.78. The number of halogens is 2. The molecule has 118 valence electrons. The summed E-state index contributed by atoms with van der Waals surface area (Å²) in [5, 5.41) is 10.5. The summed E-state index contributed by atoms with van der Waals surface area (Å²) in [6.07, 6.45) is 0. The first-order valence-electron chi connectivity index (χ1n) is 6.90. The molecule has 1 heterocycles. The van der Waals surface area contributed by atoms with Gasteiger partial charge in [-0.1, -0.05) is 31.5 Å². The van der Waals surface area contributed by atoms with Gasteiger partial charge >= 0.3 is 0 Å². The summed E-state index contributed by atoms with van der Waals surface area (Å²) in [5.74, 6) is -0.457. The Hall–Kier alpha value is -1.95. The van der Waals surface area contributed by atoms with Gasteiger partial charge in [-0.15, -0.1) is 10.2 Å². The maximum Gasteiger partial charge on any atom is 0.256 e. The van der Waals surface area contributed by atoms with Gasteiger partial charge in [0, 0.05) is 5.92 Å². The van der Waals surface area contributed by atoms with Crippen LogP contribution in [0.15, 0.2) is 16.5 Å². The fraction of sp³-hybridized carbons (Fsp3) is 0.400. The van der Waals surface area contributed by atoms with E-state index in [1.807, 2.05) is 13.8 Å². The Morgan fingerprint density at radius 1 is 1.27 bits per heavy atom. The van der Waals surface area contributed by atoms with Crippen LogP contribution in [-0.4, -0.2) is 16.1 Å². The lowest BCUT2D eigenvalue weighted by molar-refractivity contribution is 0.0929. The molecule has 1 amide bonds. The van der Waals surface area contributed by atoms with E-state index in [-0.39, 0.29) is 22.4 Å². The molecule has 0 unspecified atom stereocenters. The molecule has 1 atom stereocenters. The van der Waals surface area contributed by atoms with Gasteiger partial charge in [-0.05, 0) is 25.5 Å².